The molecule has 0 bridgehead atoms. The number of ether oxygens (including phenoxy) is 1. The first-order chi connectivity index (χ1) is 6.24. The van der Waals surface area contributed by atoms with Crippen LogP contribution in [0.5, 0.6) is 0 Å². The van der Waals surface area contributed by atoms with E-state index < -0.39 is 0 Å². The van der Waals surface area contributed by atoms with Gasteiger partial charge < -0.3 is 14.7 Å². The minimum absolute atomic E-state index is 0.159. The van der Waals surface area contributed by atoms with Crippen molar-refractivity contribution in [1.29, 1.82) is 0 Å². The van der Waals surface area contributed by atoms with Gasteiger partial charge in [-0.2, -0.15) is 0 Å². The van der Waals surface area contributed by atoms with Crippen LogP contribution in [-0.4, -0.2) is 49.5 Å². The van der Waals surface area contributed by atoms with Crippen LogP contribution in [0.2, 0.25) is 0 Å². The zero-order valence-electron chi connectivity index (χ0n) is 8.70. The summed E-state index contributed by atoms with van der Waals surface area (Å²) in [5.41, 5.74) is 0. The number of hydrogen-bond acceptors (Lipinski definition) is 3. The summed E-state index contributed by atoms with van der Waals surface area (Å²) in [6, 6.07) is 0. The zero-order chi connectivity index (χ0) is 9.68. The Bertz CT molecular complexity index is 141. The van der Waals surface area contributed by atoms with Crippen molar-refractivity contribution in [3.8, 4) is 0 Å². The Balaban J connectivity index is 2.25. The second-order valence-corrected chi connectivity index (χ2v) is 3.95. The Morgan fingerprint density at radius 3 is 2.92 bits per heavy atom. The Morgan fingerprint density at radius 2 is 2.31 bits per heavy atom. The zero-order valence-corrected chi connectivity index (χ0v) is 8.70. The molecule has 78 valence electrons. The molecule has 1 aliphatic heterocycles. The third-order valence-corrected chi connectivity index (χ3v) is 2.59. The molecule has 2 unspecified atom stereocenters. The molecule has 1 rings (SSSR count). The second kappa shape index (κ2) is 5.58. The predicted octanol–water partition coefficient (Wildman–Crippen LogP) is 0.726. The normalized spacial score (nSPS) is 29.5. The lowest BCUT2D eigenvalue weighted by Gasteiger charge is -2.31. The van der Waals surface area contributed by atoms with Gasteiger partial charge in [0.1, 0.15) is 0 Å². The lowest BCUT2D eigenvalue weighted by molar-refractivity contribution is -0.0444. The van der Waals surface area contributed by atoms with Gasteiger partial charge >= 0.3 is 0 Å². The molecule has 3 nitrogen and oxygen atoms in total. The van der Waals surface area contributed by atoms with E-state index in [-0.39, 0.29) is 6.10 Å². The highest BCUT2D eigenvalue weighted by atomic mass is 16.5. The minimum Gasteiger partial charge on any atom is -0.393 e. The second-order valence-electron chi connectivity index (χ2n) is 3.95. The molecule has 0 spiro atoms. The predicted molar refractivity (Wildman–Crippen MR) is 52.7 cm³/mol. The van der Waals surface area contributed by atoms with Crippen LogP contribution in [-0.2, 0) is 4.74 Å². The van der Waals surface area contributed by atoms with Crippen molar-refractivity contribution in [2.75, 3.05) is 33.4 Å². The van der Waals surface area contributed by atoms with E-state index in [4.69, 9.17) is 4.74 Å². The lowest BCUT2D eigenvalue weighted by Crippen LogP contribution is -2.39. The third-order valence-electron chi connectivity index (χ3n) is 2.59. The highest BCUT2D eigenvalue weighted by molar-refractivity contribution is 4.74. The SMILES string of the molecule is CCCN(C)CC1COCCC1O. The molecule has 0 aliphatic carbocycles. The summed E-state index contributed by atoms with van der Waals surface area (Å²) >= 11 is 0. The van der Waals surface area contributed by atoms with Crippen LogP contribution < -0.4 is 0 Å². The molecule has 1 N–H and O–H groups in total. The fourth-order valence-corrected chi connectivity index (χ4v) is 1.83. The molecule has 1 heterocycles. The van der Waals surface area contributed by atoms with Crippen molar-refractivity contribution < 1.29 is 9.84 Å². The average Bonchev–Trinajstić information content (AvgIpc) is 2.09. The number of rotatable bonds is 4. The molecule has 0 saturated carbocycles. The minimum atomic E-state index is -0.159. The van der Waals surface area contributed by atoms with Gasteiger partial charge in [-0.15, -0.1) is 0 Å². The fourth-order valence-electron chi connectivity index (χ4n) is 1.83. The maximum absolute atomic E-state index is 9.68. The van der Waals surface area contributed by atoms with Crippen molar-refractivity contribution in [2.24, 2.45) is 5.92 Å². The first-order valence-corrected chi connectivity index (χ1v) is 5.18. The maximum atomic E-state index is 9.68. The van der Waals surface area contributed by atoms with Gasteiger partial charge in [0.2, 0.25) is 0 Å². The summed E-state index contributed by atoms with van der Waals surface area (Å²) in [4.78, 5) is 2.27. The van der Waals surface area contributed by atoms with E-state index in [2.05, 4.69) is 18.9 Å². The third kappa shape index (κ3) is 3.63. The molecular weight excluding hydrogens is 166 g/mol. The Hall–Kier alpha value is -0.120. The van der Waals surface area contributed by atoms with E-state index in [1.807, 2.05) is 0 Å². The Morgan fingerprint density at radius 1 is 1.54 bits per heavy atom. The smallest absolute Gasteiger partial charge is 0.0624 e. The molecule has 1 aliphatic rings. The van der Waals surface area contributed by atoms with Gasteiger partial charge in [0.25, 0.3) is 0 Å². The molecule has 1 saturated heterocycles. The first kappa shape index (κ1) is 11.0. The highest BCUT2D eigenvalue weighted by Gasteiger charge is 2.24. The molecule has 13 heavy (non-hydrogen) atoms. The first-order valence-electron chi connectivity index (χ1n) is 5.18. The van der Waals surface area contributed by atoms with Crippen molar-refractivity contribution in [3.63, 3.8) is 0 Å². The Kier molecular flexibility index (Phi) is 4.70. The topological polar surface area (TPSA) is 32.7 Å². The lowest BCUT2D eigenvalue weighted by atomic mass is 9.98. The van der Waals surface area contributed by atoms with E-state index >= 15 is 0 Å². The van der Waals surface area contributed by atoms with Gasteiger partial charge in [0.05, 0.1) is 12.7 Å². The van der Waals surface area contributed by atoms with Crippen LogP contribution >= 0.6 is 0 Å². The summed E-state index contributed by atoms with van der Waals surface area (Å²) in [5.74, 6) is 0.310. The van der Waals surface area contributed by atoms with Crippen molar-refractivity contribution >= 4 is 0 Å². The summed E-state index contributed by atoms with van der Waals surface area (Å²) < 4.78 is 5.34. The maximum Gasteiger partial charge on any atom is 0.0624 e. The molecular formula is C10H21NO2. The largest absolute Gasteiger partial charge is 0.393 e. The molecule has 2 atom stereocenters. The molecule has 0 radical (unpaired) electrons. The average molecular weight is 187 g/mol. The molecule has 3 heteroatoms. The number of hydrogen-bond donors (Lipinski definition) is 1. The van der Waals surface area contributed by atoms with Gasteiger partial charge in [0, 0.05) is 19.1 Å². The van der Waals surface area contributed by atoms with Crippen LogP contribution in [0.4, 0.5) is 0 Å². The van der Waals surface area contributed by atoms with E-state index in [0.717, 1.165) is 32.7 Å². The molecule has 0 aromatic carbocycles. The monoisotopic (exact) mass is 187 g/mol. The van der Waals surface area contributed by atoms with Gasteiger partial charge in [-0.1, -0.05) is 6.92 Å². The molecule has 0 aromatic heterocycles. The highest BCUT2D eigenvalue weighted by Crippen LogP contribution is 2.15. The van der Waals surface area contributed by atoms with Gasteiger partial charge in [-0.05, 0) is 26.4 Å². The standard InChI is InChI=1S/C10H21NO2/c1-3-5-11(2)7-9-8-13-6-4-10(9)12/h9-10,12H,3-8H2,1-2H3. The number of aliphatic hydroxyl groups is 1. The summed E-state index contributed by atoms with van der Waals surface area (Å²) in [6.07, 6.45) is 1.80. The number of nitrogens with zero attached hydrogens (tertiary/aromatic N) is 1. The van der Waals surface area contributed by atoms with Gasteiger partial charge in [0.15, 0.2) is 0 Å². The Labute approximate surface area is 80.7 Å². The summed E-state index contributed by atoms with van der Waals surface area (Å²) in [6.45, 7) is 5.66. The van der Waals surface area contributed by atoms with E-state index in [1.165, 1.54) is 6.42 Å². The number of aliphatic hydroxyl groups excluding tert-OH is 1. The molecule has 1 fully saturated rings. The van der Waals surface area contributed by atoms with E-state index in [9.17, 15) is 5.11 Å². The van der Waals surface area contributed by atoms with Crippen LogP contribution in [0.15, 0.2) is 0 Å². The molecule has 0 amide bonds. The fraction of sp³-hybridized carbons (Fsp3) is 1.00. The van der Waals surface area contributed by atoms with E-state index in [0.29, 0.717) is 5.92 Å². The van der Waals surface area contributed by atoms with Crippen molar-refractivity contribution in [3.05, 3.63) is 0 Å². The van der Waals surface area contributed by atoms with Crippen molar-refractivity contribution in [1.82, 2.24) is 4.90 Å². The van der Waals surface area contributed by atoms with Gasteiger partial charge in [-0.25, -0.2) is 0 Å². The summed E-state index contributed by atoms with van der Waals surface area (Å²) in [5, 5.41) is 9.68. The summed E-state index contributed by atoms with van der Waals surface area (Å²) in [7, 11) is 2.10. The quantitative estimate of drug-likeness (QED) is 0.704. The van der Waals surface area contributed by atoms with Crippen LogP contribution in [0, 0.1) is 5.92 Å². The van der Waals surface area contributed by atoms with Crippen LogP contribution in [0.25, 0.3) is 0 Å². The molecule has 0 aromatic rings. The van der Waals surface area contributed by atoms with Crippen LogP contribution in [0.1, 0.15) is 19.8 Å². The van der Waals surface area contributed by atoms with Gasteiger partial charge in [-0.3, -0.25) is 0 Å². The van der Waals surface area contributed by atoms with E-state index in [1.54, 1.807) is 0 Å². The van der Waals surface area contributed by atoms with Crippen molar-refractivity contribution in [2.45, 2.75) is 25.9 Å². The van der Waals surface area contributed by atoms with Crippen LogP contribution in [0.3, 0.4) is 0 Å².